The lowest BCUT2D eigenvalue weighted by Gasteiger charge is -2.28. The van der Waals surface area contributed by atoms with Gasteiger partial charge in [0.15, 0.2) is 0 Å². The molecule has 2 aliphatic heterocycles. The number of anilines is 1. The zero-order valence-corrected chi connectivity index (χ0v) is 16.0. The molecule has 2 aliphatic rings. The number of rotatable bonds is 3. The first-order valence-electron chi connectivity index (χ1n) is 9.47. The highest BCUT2D eigenvalue weighted by molar-refractivity contribution is 5.78. The minimum absolute atomic E-state index is 0.0947. The average molecular weight is 367 g/mol. The molecule has 142 valence electrons. The zero-order chi connectivity index (χ0) is 19.2. The Kier molecular flexibility index (Phi) is 4.29. The normalized spacial score (nSPS) is 24.0. The van der Waals surface area contributed by atoms with Gasteiger partial charge in [0.25, 0.3) is 0 Å². The van der Waals surface area contributed by atoms with Gasteiger partial charge in [-0.3, -0.25) is 4.79 Å². The third-order valence-corrected chi connectivity index (χ3v) is 6.00. The Hall–Kier alpha value is -2.63. The van der Waals surface area contributed by atoms with Gasteiger partial charge in [-0.05, 0) is 38.3 Å². The number of para-hydroxylation sites is 1. The van der Waals surface area contributed by atoms with Crippen LogP contribution in [0.25, 0.3) is 0 Å². The predicted octanol–water partition coefficient (Wildman–Crippen LogP) is 2.80. The van der Waals surface area contributed by atoms with Crippen LogP contribution in [0.3, 0.4) is 0 Å². The molecule has 2 atom stereocenters. The van der Waals surface area contributed by atoms with Crippen molar-refractivity contribution in [2.75, 3.05) is 24.6 Å². The summed E-state index contributed by atoms with van der Waals surface area (Å²) in [5.41, 5.74) is 2.16. The maximum atomic E-state index is 12.5. The molecular formula is C21H25N3O3. The van der Waals surface area contributed by atoms with Crippen molar-refractivity contribution in [3.63, 3.8) is 0 Å². The number of ether oxygens (including phenoxy) is 1. The minimum atomic E-state index is -0.871. The summed E-state index contributed by atoms with van der Waals surface area (Å²) in [6.07, 6.45) is 1.30. The van der Waals surface area contributed by atoms with Crippen LogP contribution in [-0.4, -0.2) is 40.7 Å². The van der Waals surface area contributed by atoms with Crippen LogP contribution < -0.4 is 9.64 Å². The number of carbonyl (C=O) groups is 1. The number of carboxylic acids is 1. The van der Waals surface area contributed by atoms with Crippen LogP contribution in [0.1, 0.15) is 29.6 Å². The highest BCUT2D eigenvalue weighted by Crippen LogP contribution is 2.45. The third-order valence-electron chi connectivity index (χ3n) is 6.00. The first kappa shape index (κ1) is 17.8. The molecule has 0 amide bonds. The Morgan fingerprint density at radius 3 is 2.85 bits per heavy atom. The Morgan fingerprint density at radius 1 is 1.33 bits per heavy atom. The molecule has 1 fully saturated rings. The van der Waals surface area contributed by atoms with Crippen LogP contribution in [0.2, 0.25) is 0 Å². The Morgan fingerprint density at radius 2 is 2.11 bits per heavy atom. The fourth-order valence-electron chi connectivity index (χ4n) is 4.58. The largest absolute Gasteiger partial charge is 0.493 e. The van der Waals surface area contributed by atoms with E-state index in [1.54, 1.807) is 0 Å². The maximum Gasteiger partial charge on any atom is 0.312 e. The first-order valence-corrected chi connectivity index (χ1v) is 9.47. The molecule has 6 nitrogen and oxygen atoms in total. The highest BCUT2D eigenvalue weighted by Gasteiger charge is 2.54. The molecule has 0 aliphatic carbocycles. The predicted molar refractivity (Wildman–Crippen MR) is 102 cm³/mol. The van der Waals surface area contributed by atoms with Crippen LogP contribution in [0.15, 0.2) is 24.3 Å². The topological polar surface area (TPSA) is 75.5 Å². The van der Waals surface area contributed by atoms with Gasteiger partial charge >= 0.3 is 5.97 Å². The number of aryl methyl sites for hydroxylation is 2. The summed E-state index contributed by atoms with van der Waals surface area (Å²) in [6, 6.07) is 7.77. The van der Waals surface area contributed by atoms with E-state index >= 15 is 0 Å². The van der Waals surface area contributed by atoms with E-state index in [4.69, 9.17) is 4.74 Å². The second-order valence-corrected chi connectivity index (χ2v) is 7.65. The van der Waals surface area contributed by atoms with Gasteiger partial charge in [0.2, 0.25) is 0 Å². The van der Waals surface area contributed by atoms with Crippen molar-refractivity contribution in [1.29, 1.82) is 0 Å². The molecule has 0 bridgehead atoms. The second-order valence-electron chi connectivity index (χ2n) is 7.65. The number of aromatic nitrogens is 2. The minimum Gasteiger partial charge on any atom is -0.493 e. The summed E-state index contributed by atoms with van der Waals surface area (Å²) < 4.78 is 6.00. The number of hydrogen-bond acceptors (Lipinski definition) is 5. The van der Waals surface area contributed by atoms with E-state index in [2.05, 4.69) is 21.8 Å². The summed E-state index contributed by atoms with van der Waals surface area (Å²) in [5, 5.41) is 10.2. The Balaban J connectivity index is 1.76. The molecule has 2 aromatic rings. The summed E-state index contributed by atoms with van der Waals surface area (Å²) >= 11 is 0. The van der Waals surface area contributed by atoms with Crippen LogP contribution in [-0.2, 0) is 17.6 Å². The smallest absolute Gasteiger partial charge is 0.312 e. The second kappa shape index (κ2) is 6.51. The lowest BCUT2D eigenvalue weighted by atomic mass is 9.74. The van der Waals surface area contributed by atoms with Gasteiger partial charge in [0, 0.05) is 30.3 Å². The molecule has 1 aromatic heterocycles. The molecule has 27 heavy (non-hydrogen) atoms. The zero-order valence-electron chi connectivity index (χ0n) is 16.0. The average Bonchev–Trinajstić information content (AvgIpc) is 2.92. The Bertz CT molecular complexity index is 898. The number of aliphatic carboxylic acids is 1. The van der Waals surface area contributed by atoms with Crippen molar-refractivity contribution in [2.45, 2.75) is 33.6 Å². The standard InChI is InChI=1S/C21H25N3O3/c1-4-17-13(2)22-14(3)23-19(17)24-10-16-11-27-18-8-6-5-7-15(18)9-21(16,12-24)20(25)26/h5-8,16H,4,9-12H2,1-3H3,(H,25,26)/t16-,21+/m1/s1. The SMILES string of the molecule is CCc1c(C)nc(C)nc1N1C[C@@H]2COc3ccccc3C[C@]2(C(=O)O)C1. The lowest BCUT2D eigenvalue weighted by Crippen LogP contribution is -2.42. The van der Waals surface area contributed by atoms with Crippen LogP contribution >= 0.6 is 0 Å². The van der Waals surface area contributed by atoms with Gasteiger partial charge in [-0.15, -0.1) is 0 Å². The van der Waals surface area contributed by atoms with Crippen molar-refractivity contribution < 1.29 is 14.6 Å². The van der Waals surface area contributed by atoms with Crippen molar-refractivity contribution in [3.05, 3.63) is 46.9 Å². The van der Waals surface area contributed by atoms with E-state index < -0.39 is 11.4 Å². The molecule has 1 saturated heterocycles. The number of fused-ring (bicyclic) bond motifs is 2. The summed E-state index contributed by atoms with van der Waals surface area (Å²) in [6.45, 7) is 7.44. The molecule has 0 unspecified atom stereocenters. The lowest BCUT2D eigenvalue weighted by molar-refractivity contribution is -0.150. The van der Waals surface area contributed by atoms with E-state index in [0.717, 1.165) is 40.6 Å². The summed E-state index contributed by atoms with van der Waals surface area (Å²) in [5.74, 6) is 1.56. The van der Waals surface area contributed by atoms with Gasteiger partial charge in [0.05, 0.1) is 12.0 Å². The van der Waals surface area contributed by atoms with Gasteiger partial charge in [-0.1, -0.05) is 25.1 Å². The van der Waals surface area contributed by atoms with E-state index in [1.807, 2.05) is 38.1 Å². The molecule has 0 radical (unpaired) electrons. The first-order chi connectivity index (χ1) is 12.9. The Labute approximate surface area is 159 Å². The van der Waals surface area contributed by atoms with E-state index in [0.29, 0.717) is 26.1 Å². The van der Waals surface area contributed by atoms with Crippen molar-refractivity contribution in [3.8, 4) is 5.75 Å². The number of benzene rings is 1. The summed E-state index contributed by atoms with van der Waals surface area (Å²) in [7, 11) is 0. The summed E-state index contributed by atoms with van der Waals surface area (Å²) in [4.78, 5) is 23.8. The maximum absolute atomic E-state index is 12.5. The van der Waals surface area contributed by atoms with E-state index in [-0.39, 0.29) is 5.92 Å². The molecular weight excluding hydrogens is 342 g/mol. The molecule has 0 spiro atoms. The highest BCUT2D eigenvalue weighted by atomic mass is 16.5. The van der Waals surface area contributed by atoms with Crippen LogP contribution in [0, 0.1) is 25.2 Å². The van der Waals surface area contributed by atoms with Gasteiger partial charge in [-0.25, -0.2) is 9.97 Å². The van der Waals surface area contributed by atoms with Crippen LogP contribution in [0.5, 0.6) is 5.75 Å². The van der Waals surface area contributed by atoms with Crippen molar-refractivity contribution in [1.82, 2.24) is 9.97 Å². The molecule has 0 saturated carbocycles. The fraction of sp³-hybridized carbons (Fsp3) is 0.476. The number of carboxylic acid groups (broad SMARTS) is 1. The third kappa shape index (κ3) is 2.83. The molecule has 3 heterocycles. The van der Waals surface area contributed by atoms with Crippen molar-refractivity contribution >= 4 is 11.8 Å². The molecule has 1 aromatic carbocycles. The number of nitrogens with zero attached hydrogens (tertiary/aromatic N) is 3. The molecule has 1 N–H and O–H groups in total. The van der Waals surface area contributed by atoms with E-state index in [1.165, 1.54) is 0 Å². The van der Waals surface area contributed by atoms with Crippen molar-refractivity contribution in [2.24, 2.45) is 11.3 Å². The monoisotopic (exact) mass is 367 g/mol. The molecule has 4 rings (SSSR count). The van der Waals surface area contributed by atoms with Gasteiger partial charge < -0.3 is 14.7 Å². The van der Waals surface area contributed by atoms with Gasteiger partial charge in [-0.2, -0.15) is 0 Å². The van der Waals surface area contributed by atoms with Crippen LogP contribution in [0.4, 0.5) is 5.82 Å². The quantitative estimate of drug-likeness (QED) is 0.899. The van der Waals surface area contributed by atoms with Gasteiger partial charge in [0.1, 0.15) is 17.4 Å². The van der Waals surface area contributed by atoms with E-state index in [9.17, 15) is 9.90 Å². The fourth-order valence-corrected chi connectivity index (χ4v) is 4.58. The molecule has 6 heteroatoms. The number of hydrogen-bond donors (Lipinski definition) is 1.